The van der Waals surface area contributed by atoms with Crippen LogP contribution in [-0.2, 0) is 28.9 Å². The summed E-state index contributed by atoms with van der Waals surface area (Å²) in [7, 11) is 0. The Morgan fingerprint density at radius 1 is 1.35 bits per heavy atom. The van der Waals surface area contributed by atoms with Crippen molar-refractivity contribution in [2.45, 2.75) is 58.1 Å². The molecule has 2 heterocycles. The quantitative estimate of drug-likeness (QED) is 0.502. The molecular formula is C25H26N4O4S. The Labute approximate surface area is 201 Å². The maximum absolute atomic E-state index is 12.7. The summed E-state index contributed by atoms with van der Waals surface area (Å²) in [6, 6.07) is 12.1. The van der Waals surface area contributed by atoms with E-state index in [9.17, 15) is 14.9 Å². The monoisotopic (exact) mass is 478 g/mol. The first kappa shape index (κ1) is 23.5. The predicted molar refractivity (Wildman–Crippen MR) is 128 cm³/mol. The highest BCUT2D eigenvalue weighted by Crippen LogP contribution is 2.38. The maximum Gasteiger partial charge on any atom is 0.407 e. The van der Waals surface area contributed by atoms with Crippen LogP contribution in [0.4, 0.5) is 9.80 Å². The van der Waals surface area contributed by atoms with Crippen LogP contribution in [0.15, 0.2) is 41.1 Å². The van der Waals surface area contributed by atoms with Gasteiger partial charge in [-0.1, -0.05) is 42.4 Å². The number of hydrogen-bond donors (Lipinski definition) is 2. The number of benzene rings is 1. The van der Waals surface area contributed by atoms with E-state index in [0.29, 0.717) is 36.2 Å². The van der Waals surface area contributed by atoms with E-state index in [-0.39, 0.29) is 24.5 Å². The molecule has 0 saturated carbocycles. The predicted octanol–water partition coefficient (Wildman–Crippen LogP) is 4.83. The molecule has 4 rings (SSSR count). The number of amides is 2. The molecule has 0 aliphatic heterocycles. The molecule has 0 spiro atoms. The van der Waals surface area contributed by atoms with Crippen molar-refractivity contribution in [3.8, 4) is 6.07 Å². The van der Waals surface area contributed by atoms with Crippen molar-refractivity contribution in [1.29, 1.82) is 5.26 Å². The van der Waals surface area contributed by atoms with Gasteiger partial charge in [-0.3, -0.25) is 4.79 Å². The van der Waals surface area contributed by atoms with Crippen LogP contribution in [0.1, 0.15) is 58.5 Å². The Balaban J connectivity index is 1.35. The first-order chi connectivity index (χ1) is 16.4. The third-order valence-electron chi connectivity index (χ3n) is 5.99. The van der Waals surface area contributed by atoms with Gasteiger partial charge in [-0.25, -0.2) is 4.79 Å². The summed E-state index contributed by atoms with van der Waals surface area (Å²) in [5, 5.41) is 19.7. The number of carbonyl (C=O) groups is 2. The molecule has 9 heteroatoms. The molecule has 2 aromatic heterocycles. The Morgan fingerprint density at radius 3 is 2.85 bits per heavy atom. The third-order valence-corrected chi connectivity index (χ3v) is 7.16. The number of aryl methyl sites for hydroxylation is 1. The number of aromatic nitrogens is 1. The number of nitriles is 1. The number of thiophene rings is 1. The fourth-order valence-corrected chi connectivity index (χ4v) is 5.34. The Morgan fingerprint density at radius 2 is 2.15 bits per heavy atom. The first-order valence-electron chi connectivity index (χ1n) is 11.2. The average molecular weight is 479 g/mol. The average Bonchev–Trinajstić information content (AvgIpc) is 3.39. The summed E-state index contributed by atoms with van der Waals surface area (Å²) in [6.45, 7) is 4.09. The van der Waals surface area contributed by atoms with E-state index >= 15 is 0 Å². The van der Waals surface area contributed by atoms with Crippen molar-refractivity contribution in [3.63, 3.8) is 0 Å². The second-order valence-corrected chi connectivity index (χ2v) is 9.54. The minimum atomic E-state index is -0.505. The van der Waals surface area contributed by atoms with Gasteiger partial charge in [-0.05, 0) is 36.8 Å². The molecule has 2 amide bonds. The van der Waals surface area contributed by atoms with Crippen LogP contribution >= 0.6 is 11.3 Å². The Hall–Kier alpha value is -3.64. The van der Waals surface area contributed by atoms with Gasteiger partial charge >= 0.3 is 6.09 Å². The number of anilines is 1. The van der Waals surface area contributed by atoms with Crippen LogP contribution < -0.4 is 10.6 Å². The summed E-state index contributed by atoms with van der Waals surface area (Å²) < 4.78 is 10.5. The van der Waals surface area contributed by atoms with E-state index in [4.69, 9.17) is 9.26 Å². The molecule has 0 fully saturated rings. The van der Waals surface area contributed by atoms with Gasteiger partial charge in [0.2, 0.25) is 5.91 Å². The minimum Gasteiger partial charge on any atom is -0.446 e. The number of rotatable bonds is 7. The molecule has 2 unspecified atom stereocenters. The molecule has 176 valence electrons. The first-order valence-corrected chi connectivity index (χ1v) is 12.0. The zero-order valence-electron chi connectivity index (χ0n) is 19.1. The molecule has 1 aliphatic rings. The largest absolute Gasteiger partial charge is 0.446 e. The van der Waals surface area contributed by atoms with Crippen LogP contribution in [-0.4, -0.2) is 23.3 Å². The molecule has 2 N–H and O–H groups in total. The molecular weight excluding hydrogens is 452 g/mol. The fraction of sp³-hybridized carbons (Fsp3) is 0.360. The summed E-state index contributed by atoms with van der Waals surface area (Å²) in [6.07, 6.45) is 2.79. The minimum absolute atomic E-state index is 0.0687. The highest BCUT2D eigenvalue weighted by molar-refractivity contribution is 7.16. The Kier molecular flexibility index (Phi) is 7.28. The van der Waals surface area contributed by atoms with Crippen molar-refractivity contribution in [2.75, 3.05) is 5.32 Å². The van der Waals surface area contributed by atoms with Crippen molar-refractivity contribution in [2.24, 2.45) is 0 Å². The van der Waals surface area contributed by atoms with Crippen LogP contribution in [0.2, 0.25) is 0 Å². The van der Waals surface area contributed by atoms with Gasteiger partial charge in [0.05, 0.1) is 17.8 Å². The third kappa shape index (κ3) is 5.46. The van der Waals surface area contributed by atoms with Crippen LogP contribution in [0.25, 0.3) is 0 Å². The van der Waals surface area contributed by atoms with Crippen LogP contribution in [0.5, 0.6) is 0 Å². The molecule has 0 saturated heterocycles. The van der Waals surface area contributed by atoms with Gasteiger partial charge in [0.25, 0.3) is 0 Å². The lowest BCUT2D eigenvalue weighted by atomic mass is 9.93. The number of carbonyl (C=O) groups excluding carboxylic acids is 2. The van der Waals surface area contributed by atoms with E-state index in [1.807, 2.05) is 37.3 Å². The summed E-state index contributed by atoms with van der Waals surface area (Å²) >= 11 is 1.40. The molecule has 2 atom stereocenters. The van der Waals surface area contributed by atoms with E-state index in [0.717, 1.165) is 27.3 Å². The van der Waals surface area contributed by atoms with Crippen LogP contribution in [0.3, 0.4) is 0 Å². The number of fused-ring (bicyclic) bond motifs is 1. The standard InChI is InChI=1S/C25H26N4O4S/c1-15(17-6-4-3-5-7-17)10-23(30)28-24-21(12-26)20-9-8-19(11-22(20)34-24)33-25(31)27-13-18-14-32-29-16(18)2/h3-7,14-15,19H,8-11,13H2,1-2H3,(H,27,31)(H,28,30). The molecule has 3 aromatic rings. The topological polar surface area (TPSA) is 117 Å². The van der Waals surface area contributed by atoms with E-state index in [1.165, 1.54) is 17.6 Å². The maximum atomic E-state index is 12.7. The fourth-order valence-electron chi connectivity index (χ4n) is 4.06. The molecule has 8 nitrogen and oxygen atoms in total. The Bertz CT molecular complexity index is 1210. The summed E-state index contributed by atoms with van der Waals surface area (Å²) in [4.78, 5) is 25.9. The second-order valence-electron chi connectivity index (χ2n) is 8.43. The summed E-state index contributed by atoms with van der Waals surface area (Å²) in [5.74, 6) is -0.0538. The van der Waals surface area contributed by atoms with E-state index in [1.54, 1.807) is 6.92 Å². The second kappa shape index (κ2) is 10.5. The van der Waals surface area contributed by atoms with Gasteiger partial charge in [0.1, 0.15) is 23.4 Å². The number of hydrogen-bond acceptors (Lipinski definition) is 7. The van der Waals surface area contributed by atoms with Crippen LogP contribution in [0, 0.1) is 18.3 Å². The SMILES string of the molecule is Cc1nocc1CNC(=O)OC1CCc2c(sc(NC(=O)CC(C)c3ccccc3)c2C#N)C1. The van der Waals surface area contributed by atoms with E-state index < -0.39 is 6.09 Å². The van der Waals surface area contributed by atoms with Gasteiger partial charge in [0, 0.05) is 23.3 Å². The molecule has 0 bridgehead atoms. The zero-order valence-corrected chi connectivity index (χ0v) is 19.9. The number of nitrogens with zero attached hydrogens (tertiary/aromatic N) is 2. The summed E-state index contributed by atoms with van der Waals surface area (Å²) in [5.41, 5.74) is 4.08. The number of nitrogens with one attached hydrogen (secondary N) is 2. The van der Waals surface area contributed by atoms with Crippen molar-refractivity contribution in [1.82, 2.24) is 10.5 Å². The number of ether oxygens (including phenoxy) is 1. The van der Waals surface area contributed by atoms with Gasteiger partial charge in [-0.2, -0.15) is 5.26 Å². The lowest BCUT2D eigenvalue weighted by Gasteiger charge is -2.22. The van der Waals surface area contributed by atoms with Gasteiger partial charge < -0.3 is 19.9 Å². The van der Waals surface area contributed by atoms with Crippen molar-refractivity contribution in [3.05, 3.63) is 69.4 Å². The lowest BCUT2D eigenvalue weighted by molar-refractivity contribution is -0.116. The lowest BCUT2D eigenvalue weighted by Crippen LogP contribution is -2.31. The van der Waals surface area contributed by atoms with E-state index in [2.05, 4.69) is 21.9 Å². The smallest absolute Gasteiger partial charge is 0.407 e. The zero-order chi connectivity index (χ0) is 24.1. The highest BCUT2D eigenvalue weighted by Gasteiger charge is 2.28. The molecule has 1 aliphatic carbocycles. The normalized spacial score (nSPS) is 15.6. The molecule has 0 radical (unpaired) electrons. The van der Waals surface area contributed by atoms with Gasteiger partial charge in [0.15, 0.2) is 0 Å². The highest BCUT2D eigenvalue weighted by atomic mass is 32.1. The van der Waals surface area contributed by atoms with Crippen molar-refractivity contribution < 1.29 is 18.8 Å². The van der Waals surface area contributed by atoms with Crippen molar-refractivity contribution >= 4 is 28.3 Å². The molecule has 34 heavy (non-hydrogen) atoms. The molecule has 1 aromatic carbocycles. The number of alkyl carbamates (subject to hydrolysis) is 1. The van der Waals surface area contributed by atoms with Gasteiger partial charge in [-0.15, -0.1) is 11.3 Å².